The molecule has 0 bridgehead atoms. The molecule has 1 aliphatic carbocycles. The molecule has 3 aromatic rings. The van der Waals surface area contributed by atoms with Gasteiger partial charge in [0.2, 0.25) is 10.0 Å². The van der Waals surface area contributed by atoms with Crippen LogP contribution in [0.15, 0.2) is 34.0 Å². The van der Waals surface area contributed by atoms with Crippen molar-refractivity contribution >= 4 is 42.8 Å². The van der Waals surface area contributed by atoms with E-state index in [2.05, 4.69) is 19.7 Å². The number of aromatic amines is 1. The molecule has 3 heterocycles. The fourth-order valence-corrected chi connectivity index (χ4v) is 6.40. The molecule has 1 aromatic carbocycles. The number of carboxylic acid groups (broad SMARTS) is 1. The first-order chi connectivity index (χ1) is 16.9. The van der Waals surface area contributed by atoms with Crippen LogP contribution in [0.2, 0.25) is 0 Å². The monoisotopic (exact) mass is 545 g/mol. The minimum absolute atomic E-state index is 0.0749. The van der Waals surface area contributed by atoms with Gasteiger partial charge in [-0.15, -0.1) is 13.2 Å². The summed E-state index contributed by atoms with van der Waals surface area (Å²) in [4.78, 5) is 37.2. The molecule has 0 radical (unpaired) electrons. The first-order valence-electron chi connectivity index (χ1n) is 10.7. The molecular formula is C20H18F3N5O6S2. The van der Waals surface area contributed by atoms with Gasteiger partial charge in [-0.25, -0.2) is 13.4 Å². The Hall–Kier alpha value is -3.24. The first kappa shape index (κ1) is 24.5. The van der Waals surface area contributed by atoms with Gasteiger partial charge >= 0.3 is 12.3 Å². The summed E-state index contributed by atoms with van der Waals surface area (Å²) in [6.45, 7) is -0.407. The van der Waals surface area contributed by atoms with Gasteiger partial charge in [0.1, 0.15) is 22.3 Å². The summed E-state index contributed by atoms with van der Waals surface area (Å²) >= 11 is 1.04. The summed E-state index contributed by atoms with van der Waals surface area (Å²) in [6.07, 6.45) is -3.08. The van der Waals surface area contributed by atoms with Crippen molar-refractivity contribution in [3.05, 3.63) is 40.4 Å². The smallest absolute Gasteiger partial charge is 0.480 e. The molecule has 1 saturated carbocycles. The van der Waals surface area contributed by atoms with E-state index in [1.165, 1.54) is 0 Å². The normalized spacial score (nSPS) is 19.5. The van der Waals surface area contributed by atoms with Crippen LogP contribution in [-0.4, -0.2) is 70.8 Å². The van der Waals surface area contributed by atoms with Crippen molar-refractivity contribution in [1.29, 1.82) is 0 Å². The van der Waals surface area contributed by atoms with E-state index < -0.39 is 34.1 Å². The van der Waals surface area contributed by atoms with Gasteiger partial charge in [0.15, 0.2) is 10.8 Å². The number of piperazine rings is 1. The number of thiazole rings is 1. The van der Waals surface area contributed by atoms with Crippen LogP contribution < -0.4 is 15.2 Å². The van der Waals surface area contributed by atoms with Gasteiger partial charge in [-0.3, -0.25) is 9.59 Å². The number of carbonyl (C=O) groups is 1. The lowest BCUT2D eigenvalue weighted by Crippen LogP contribution is -2.58. The summed E-state index contributed by atoms with van der Waals surface area (Å²) in [5, 5.41) is 10.1. The zero-order chi connectivity index (χ0) is 25.8. The van der Waals surface area contributed by atoms with Crippen LogP contribution in [0.4, 0.5) is 18.3 Å². The Kier molecular flexibility index (Phi) is 5.91. The zero-order valence-corrected chi connectivity index (χ0v) is 19.9. The summed E-state index contributed by atoms with van der Waals surface area (Å²) in [5.41, 5.74) is -0.0802. The average molecular weight is 546 g/mol. The van der Waals surface area contributed by atoms with E-state index in [-0.39, 0.29) is 46.4 Å². The standard InChI is InChI=1S/C20H18F3N5O6S2/c21-20(22,23)34-11-3-5-12(6-4-11)36(32,33)28-8-7-27(9-13(28)18(30)31)19-26-16-14(35-19)17(29)25-15(24-16)10-1-2-10/h3-6,10,13H,1-2,7-9H2,(H,30,31)(H,24,25,29)/t13-/m1/s1. The molecule has 1 aliphatic heterocycles. The third kappa shape index (κ3) is 4.75. The molecule has 0 spiro atoms. The molecule has 2 fully saturated rings. The maximum atomic E-state index is 13.1. The number of ether oxygens (including phenoxy) is 1. The number of fused-ring (bicyclic) bond motifs is 1. The number of aliphatic carboxylic acids is 1. The van der Waals surface area contributed by atoms with Gasteiger partial charge in [0.05, 0.1) is 4.90 Å². The van der Waals surface area contributed by atoms with Crippen molar-refractivity contribution in [1.82, 2.24) is 19.3 Å². The van der Waals surface area contributed by atoms with Crippen LogP contribution in [0.3, 0.4) is 0 Å². The molecule has 2 aliphatic rings. The van der Waals surface area contributed by atoms with E-state index in [0.717, 1.165) is 52.7 Å². The number of hydrogen-bond donors (Lipinski definition) is 2. The molecule has 36 heavy (non-hydrogen) atoms. The molecule has 5 rings (SSSR count). The molecule has 0 unspecified atom stereocenters. The molecular weight excluding hydrogens is 527 g/mol. The lowest BCUT2D eigenvalue weighted by molar-refractivity contribution is -0.274. The molecule has 0 amide bonds. The van der Waals surface area contributed by atoms with Crippen molar-refractivity contribution in [3.8, 4) is 5.75 Å². The Labute approximate surface area is 205 Å². The summed E-state index contributed by atoms with van der Waals surface area (Å²) < 4.78 is 68.3. The second-order valence-electron chi connectivity index (χ2n) is 8.31. The average Bonchev–Trinajstić information content (AvgIpc) is 3.56. The van der Waals surface area contributed by atoms with Crippen LogP contribution in [-0.2, 0) is 14.8 Å². The van der Waals surface area contributed by atoms with E-state index in [0.29, 0.717) is 11.0 Å². The molecule has 1 saturated heterocycles. The molecule has 192 valence electrons. The molecule has 11 nitrogen and oxygen atoms in total. The van der Waals surface area contributed by atoms with Crippen LogP contribution in [0.1, 0.15) is 24.6 Å². The zero-order valence-electron chi connectivity index (χ0n) is 18.2. The SMILES string of the molecule is O=C(O)[C@H]1CN(c2nc3nc(C4CC4)[nH]c(=O)c3s2)CCN1S(=O)(=O)c1ccc(OC(F)(F)F)cc1. The van der Waals surface area contributed by atoms with E-state index in [1.807, 2.05) is 0 Å². The Morgan fingerprint density at radius 3 is 2.47 bits per heavy atom. The number of rotatable bonds is 6. The number of nitrogens with one attached hydrogen (secondary N) is 1. The number of aromatic nitrogens is 3. The minimum Gasteiger partial charge on any atom is -0.480 e. The number of hydrogen-bond acceptors (Lipinski definition) is 9. The second-order valence-corrected chi connectivity index (χ2v) is 11.2. The molecule has 2 N–H and O–H groups in total. The fourth-order valence-electron chi connectivity index (χ4n) is 3.90. The third-order valence-electron chi connectivity index (χ3n) is 5.79. The lowest BCUT2D eigenvalue weighted by Gasteiger charge is -2.38. The highest BCUT2D eigenvalue weighted by atomic mass is 32.2. The van der Waals surface area contributed by atoms with Crippen molar-refractivity contribution < 1.29 is 36.2 Å². The van der Waals surface area contributed by atoms with Gasteiger partial charge in [-0.05, 0) is 37.1 Å². The van der Waals surface area contributed by atoms with E-state index in [4.69, 9.17) is 0 Å². The predicted octanol–water partition coefficient (Wildman–Crippen LogP) is 2.12. The highest BCUT2D eigenvalue weighted by molar-refractivity contribution is 7.89. The maximum absolute atomic E-state index is 13.1. The van der Waals surface area contributed by atoms with Crippen LogP contribution >= 0.6 is 11.3 Å². The first-order valence-corrected chi connectivity index (χ1v) is 12.9. The second kappa shape index (κ2) is 8.70. The molecule has 1 atom stereocenters. The van der Waals surface area contributed by atoms with Crippen LogP contribution in [0.5, 0.6) is 5.75 Å². The van der Waals surface area contributed by atoms with Crippen molar-refractivity contribution in [3.63, 3.8) is 0 Å². The number of halogens is 3. The lowest BCUT2D eigenvalue weighted by atomic mass is 10.2. The number of benzene rings is 1. The number of carboxylic acids is 1. The molecule has 16 heteroatoms. The minimum atomic E-state index is -4.94. The van der Waals surface area contributed by atoms with Gasteiger partial charge in [-0.1, -0.05) is 11.3 Å². The maximum Gasteiger partial charge on any atom is 0.573 e. The highest BCUT2D eigenvalue weighted by Gasteiger charge is 2.41. The largest absolute Gasteiger partial charge is 0.573 e. The van der Waals surface area contributed by atoms with Gasteiger partial charge < -0.3 is 19.7 Å². The van der Waals surface area contributed by atoms with E-state index in [1.54, 1.807) is 4.90 Å². The Morgan fingerprint density at radius 2 is 1.86 bits per heavy atom. The van der Waals surface area contributed by atoms with Crippen LogP contribution in [0.25, 0.3) is 10.3 Å². The topological polar surface area (TPSA) is 146 Å². The van der Waals surface area contributed by atoms with Crippen molar-refractivity contribution in [2.24, 2.45) is 0 Å². The summed E-state index contributed by atoms with van der Waals surface area (Å²) in [5.74, 6) is -1.25. The van der Waals surface area contributed by atoms with Crippen molar-refractivity contribution in [2.75, 3.05) is 24.5 Å². The van der Waals surface area contributed by atoms with E-state index >= 15 is 0 Å². The third-order valence-corrected chi connectivity index (χ3v) is 8.81. The van der Waals surface area contributed by atoms with E-state index in [9.17, 15) is 36.3 Å². The predicted molar refractivity (Wildman–Crippen MR) is 121 cm³/mol. The summed E-state index contributed by atoms with van der Waals surface area (Å²) in [6, 6.07) is 2.02. The number of nitrogens with zero attached hydrogens (tertiary/aromatic N) is 4. The van der Waals surface area contributed by atoms with Crippen molar-refractivity contribution in [2.45, 2.75) is 36.1 Å². The van der Waals surface area contributed by atoms with Gasteiger partial charge in [0.25, 0.3) is 5.56 Å². The number of sulfonamides is 1. The number of H-pyrrole nitrogens is 1. The Balaban J connectivity index is 1.39. The van der Waals surface area contributed by atoms with Crippen LogP contribution in [0, 0.1) is 0 Å². The van der Waals surface area contributed by atoms with Gasteiger partial charge in [-0.2, -0.15) is 9.29 Å². The summed E-state index contributed by atoms with van der Waals surface area (Å²) in [7, 11) is -4.36. The quantitative estimate of drug-likeness (QED) is 0.476. The Bertz CT molecular complexity index is 1480. The molecule has 2 aromatic heterocycles. The Morgan fingerprint density at radius 1 is 1.17 bits per heavy atom. The number of anilines is 1. The number of alkyl halides is 3. The highest BCUT2D eigenvalue weighted by Crippen LogP contribution is 2.38. The van der Waals surface area contributed by atoms with Gasteiger partial charge in [0, 0.05) is 25.6 Å². The fraction of sp³-hybridized carbons (Fsp3) is 0.400.